The first-order chi connectivity index (χ1) is 14.2. The van der Waals surface area contributed by atoms with Crippen molar-refractivity contribution in [1.29, 1.82) is 0 Å². The van der Waals surface area contributed by atoms with Gasteiger partial charge >= 0.3 is 0 Å². The van der Waals surface area contributed by atoms with Crippen LogP contribution in [0.5, 0.6) is 0 Å². The topological polar surface area (TPSA) is 43.1 Å². The standard InChI is InChI=1S/C21H17Cl2F2N4P/c1-12(21(24,25)30)10-18-26-27-19-11-16(13-6-8-14(22)9-7-13)20(28-29(18)19)15-4-2-3-5-17(15)23/h2-9,11-12H,10,30H2,1H3. The molecule has 0 aliphatic rings. The van der Waals surface area contributed by atoms with E-state index >= 15 is 0 Å². The molecule has 0 saturated heterocycles. The van der Waals surface area contributed by atoms with Crippen molar-refractivity contribution >= 4 is 38.1 Å². The molecule has 4 aromatic rings. The average molecular weight is 465 g/mol. The average Bonchev–Trinajstić information content (AvgIpc) is 3.09. The van der Waals surface area contributed by atoms with Crippen molar-refractivity contribution in [2.24, 2.45) is 5.92 Å². The fraction of sp³-hybridized carbons (Fsp3) is 0.190. The lowest BCUT2D eigenvalue weighted by atomic mass is 10.00. The summed E-state index contributed by atoms with van der Waals surface area (Å²) >= 11 is 12.5. The van der Waals surface area contributed by atoms with Gasteiger partial charge in [-0.25, -0.2) is 8.78 Å². The Bertz CT molecular complexity index is 1210. The number of halogens is 4. The SMILES string of the molecule is CC(Cc1nnc2cc(-c3ccc(Cl)cc3)c(-c3ccccc3Cl)nn12)C(F)(F)P. The molecule has 9 heteroatoms. The molecule has 0 fully saturated rings. The minimum absolute atomic E-state index is 0.0208. The predicted molar refractivity (Wildman–Crippen MR) is 119 cm³/mol. The number of hydrogen-bond donors (Lipinski definition) is 0. The molecule has 0 saturated carbocycles. The van der Waals surface area contributed by atoms with Crippen LogP contribution >= 0.6 is 32.4 Å². The van der Waals surface area contributed by atoms with Crippen molar-refractivity contribution in [3.05, 3.63) is 70.5 Å². The highest BCUT2D eigenvalue weighted by Crippen LogP contribution is 2.36. The first kappa shape index (κ1) is 21.1. The third-order valence-electron chi connectivity index (χ3n) is 4.89. The maximum atomic E-state index is 13.7. The van der Waals surface area contributed by atoms with Gasteiger partial charge in [0.2, 0.25) is 0 Å². The number of aromatic nitrogens is 4. The van der Waals surface area contributed by atoms with E-state index in [0.29, 0.717) is 27.2 Å². The molecule has 2 atom stereocenters. The molecule has 0 aliphatic heterocycles. The Kier molecular flexibility index (Phi) is 5.75. The van der Waals surface area contributed by atoms with Crippen molar-refractivity contribution in [2.75, 3.05) is 0 Å². The lowest BCUT2D eigenvalue weighted by Crippen LogP contribution is -2.21. The van der Waals surface area contributed by atoms with Crippen LogP contribution < -0.4 is 0 Å². The number of nitrogens with zero attached hydrogens (tertiary/aromatic N) is 4. The largest absolute Gasteiger partial charge is 0.261 e. The fourth-order valence-electron chi connectivity index (χ4n) is 3.12. The molecular formula is C21H17Cl2F2N4P. The molecule has 2 aromatic carbocycles. The van der Waals surface area contributed by atoms with Crippen LogP contribution in [0.4, 0.5) is 8.78 Å². The van der Waals surface area contributed by atoms with E-state index < -0.39 is 11.6 Å². The van der Waals surface area contributed by atoms with E-state index in [1.807, 2.05) is 36.4 Å². The van der Waals surface area contributed by atoms with Gasteiger partial charge in [0, 0.05) is 28.5 Å². The van der Waals surface area contributed by atoms with E-state index in [-0.39, 0.29) is 6.42 Å². The summed E-state index contributed by atoms with van der Waals surface area (Å²) in [4.78, 5) is 0. The number of rotatable bonds is 5. The van der Waals surface area contributed by atoms with Gasteiger partial charge in [0.25, 0.3) is 5.66 Å². The van der Waals surface area contributed by atoms with Crippen LogP contribution in [0.2, 0.25) is 10.0 Å². The minimum Gasteiger partial charge on any atom is -0.202 e. The van der Waals surface area contributed by atoms with E-state index in [4.69, 9.17) is 28.3 Å². The maximum absolute atomic E-state index is 13.7. The van der Waals surface area contributed by atoms with Crippen LogP contribution in [0.15, 0.2) is 54.6 Å². The predicted octanol–water partition coefficient (Wildman–Crippen LogP) is 6.41. The van der Waals surface area contributed by atoms with Gasteiger partial charge < -0.3 is 0 Å². The summed E-state index contributed by atoms with van der Waals surface area (Å²) in [6.07, 6.45) is 0.0208. The van der Waals surface area contributed by atoms with E-state index in [2.05, 4.69) is 10.2 Å². The van der Waals surface area contributed by atoms with E-state index in [1.165, 1.54) is 11.4 Å². The second-order valence-electron chi connectivity index (χ2n) is 7.06. The first-order valence-electron chi connectivity index (χ1n) is 9.17. The van der Waals surface area contributed by atoms with Gasteiger partial charge in [-0.15, -0.1) is 10.2 Å². The second kappa shape index (κ2) is 8.18. The molecular weight excluding hydrogens is 448 g/mol. The molecule has 0 amide bonds. The van der Waals surface area contributed by atoms with Crippen LogP contribution in [0.25, 0.3) is 28.0 Å². The Morgan fingerprint density at radius 2 is 1.73 bits per heavy atom. The Balaban J connectivity index is 1.92. The van der Waals surface area contributed by atoms with Gasteiger partial charge in [0.15, 0.2) is 11.5 Å². The van der Waals surface area contributed by atoms with Crippen molar-refractivity contribution in [3.63, 3.8) is 0 Å². The zero-order valence-electron chi connectivity index (χ0n) is 15.9. The molecule has 0 spiro atoms. The summed E-state index contributed by atoms with van der Waals surface area (Å²) in [6.45, 7) is 1.46. The maximum Gasteiger partial charge on any atom is 0.261 e. The highest BCUT2D eigenvalue weighted by Gasteiger charge is 2.32. The molecule has 0 radical (unpaired) electrons. The Morgan fingerprint density at radius 3 is 2.40 bits per heavy atom. The van der Waals surface area contributed by atoms with Gasteiger partial charge in [0.1, 0.15) is 5.69 Å². The molecule has 2 unspecified atom stereocenters. The van der Waals surface area contributed by atoms with Gasteiger partial charge in [-0.3, -0.25) is 0 Å². The summed E-state index contributed by atoms with van der Waals surface area (Å²) < 4.78 is 28.9. The molecule has 0 bridgehead atoms. The molecule has 2 heterocycles. The van der Waals surface area contributed by atoms with E-state index in [0.717, 1.165) is 16.7 Å². The number of fused-ring (bicyclic) bond motifs is 1. The molecule has 4 rings (SSSR count). The summed E-state index contributed by atoms with van der Waals surface area (Å²) in [5.74, 6) is -0.591. The smallest absolute Gasteiger partial charge is 0.202 e. The van der Waals surface area contributed by atoms with Crippen LogP contribution in [0.3, 0.4) is 0 Å². The zero-order chi connectivity index (χ0) is 21.5. The van der Waals surface area contributed by atoms with Crippen LogP contribution in [-0.4, -0.2) is 25.5 Å². The number of benzene rings is 2. The molecule has 0 aliphatic carbocycles. The van der Waals surface area contributed by atoms with Gasteiger partial charge in [-0.2, -0.15) is 9.61 Å². The summed E-state index contributed by atoms with van der Waals surface area (Å²) in [5.41, 5.74) is 0.525. The zero-order valence-corrected chi connectivity index (χ0v) is 18.5. The Morgan fingerprint density at radius 1 is 1.03 bits per heavy atom. The van der Waals surface area contributed by atoms with Crippen LogP contribution in [0.1, 0.15) is 12.7 Å². The lowest BCUT2D eigenvalue weighted by Gasteiger charge is -2.18. The van der Waals surface area contributed by atoms with Crippen LogP contribution in [-0.2, 0) is 6.42 Å². The number of alkyl halides is 2. The highest BCUT2D eigenvalue weighted by molar-refractivity contribution is 7.18. The molecule has 2 aromatic heterocycles. The summed E-state index contributed by atoms with van der Waals surface area (Å²) in [5, 5.41) is 14.1. The normalized spacial score (nSPS) is 13.0. The fourth-order valence-corrected chi connectivity index (χ4v) is 3.58. The lowest BCUT2D eigenvalue weighted by molar-refractivity contribution is 0.0439. The first-order valence-corrected chi connectivity index (χ1v) is 10.5. The molecule has 0 N–H and O–H groups in total. The van der Waals surface area contributed by atoms with Gasteiger partial charge in [-0.05, 0) is 29.8 Å². The van der Waals surface area contributed by atoms with Gasteiger partial charge in [0.05, 0.1) is 5.02 Å². The second-order valence-corrected chi connectivity index (χ2v) is 8.67. The third-order valence-corrected chi connectivity index (χ3v) is 6.04. The summed E-state index contributed by atoms with van der Waals surface area (Å²) in [6, 6.07) is 16.5. The van der Waals surface area contributed by atoms with E-state index in [1.54, 1.807) is 27.4 Å². The van der Waals surface area contributed by atoms with E-state index in [9.17, 15) is 8.78 Å². The van der Waals surface area contributed by atoms with Crippen molar-refractivity contribution in [1.82, 2.24) is 19.8 Å². The Hall–Kier alpha value is -2.14. The van der Waals surface area contributed by atoms with Crippen LogP contribution in [0, 0.1) is 5.92 Å². The highest BCUT2D eigenvalue weighted by atomic mass is 35.5. The quantitative estimate of drug-likeness (QED) is 0.320. The molecule has 30 heavy (non-hydrogen) atoms. The minimum atomic E-state index is -2.92. The third kappa shape index (κ3) is 4.18. The Labute approximate surface area is 184 Å². The molecule has 4 nitrogen and oxygen atoms in total. The monoisotopic (exact) mass is 464 g/mol. The van der Waals surface area contributed by atoms with Crippen molar-refractivity contribution in [3.8, 4) is 22.4 Å². The van der Waals surface area contributed by atoms with Crippen molar-refractivity contribution in [2.45, 2.75) is 19.0 Å². The number of hydrogen-bond acceptors (Lipinski definition) is 3. The summed E-state index contributed by atoms with van der Waals surface area (Å²) in [7, 11) is 1.58. The molecule has 154 valence electrons. The van der Waals surface area contributed by atoms with Gasteiger partial charge in [-0.1, -0.05) is 69.7 Å². The van der Waals surface area contributed by atoms with Crippen molar-refractivity contribution < 1.29 is 8.78 Å².